The number of aldehydes is 1. The summed E-state index contributed by atoms with van der Waals surface area (Å²) in [5, 5.41) is 13.4. The number of hydrogen-bond acceptors (Lipinski definition) is 8. The number of aromatic nitrogens is 4. The fourth-order valence-electron chi connectivity index (χ4n) is 5.63. The molecule has 1 unspecified atom stereocenters. The Labute approximate surface area is 278 Å². The van der Waals surface area contributed by atoms with Crippen LogP contribution >= 0.6 is 23.2 Å². The zero-order valence-corrected chi connectivity index (χ0v) is 26.7. The van der Waals surface area contributed by atoms with Crippen LogP contribution in [0.5, 0.6) is 11.6 Å². The van der Waals surface area contributed by atoms with E-state index in [1.807, 2.05) is 18.2 Å². The first-order valence-corrected chi connectivity index (χ1v) is 15.2. The summed E-state index contributed by atoms with van der Waals surface area (Å²) in [7, 11) is 2.98. The van der Waals surface area contributed by atoms with Crippen molar-refractivity contribution in [3.05, 3.63) is 82.4 Å². The molecule has 6 rings (SSSR count). The number of nitrogens with one attached hydrogen (secondary N) is 1. The molecule has 0 radical (unpaired) electrons. The maximum Gasteiger partial charge on any atom is 0.407 e. The molecule has 2 N–H and O–H groups in total. The number of benzene rings is 1. The van der Waals surface area contributed by atoms with Gasteiger partial charge in [-0.05, 0) is 30.7 Å². The van der Waals surface area contributed by atoms with Crippen molar-refractivity contribution >= 4 is 47.1 Å². The summed E-state index contributed by atoms with van der Waals surface area (Å²) >= 11 is 14.0. The van der Waals surface area contributed by atoms with Crippen LogP contribution in [0.1, 0.15) is 28.9 Å². The lowest BCUT2D eigenvalue weighted by molar-refractivity contribution is -0.119. The predicted octanol–water partition coefficient (Wildman–Crippen LogP) is 6.02. The second kappa shape index (κ2) is 13.3. The van der Waals surface area contributed by atoms with E-state index in [1.165, 1.54) is 19.1 Å². The first-order valence-electron chi connectivity index (χ1n) is 14.5. The van der Waals surface area contributed by atoms with Crippen molar-refractivity contribution in [3.63, 3.8) is 0 Å². The summed E-state index contributed by atoms with van der Waals surface area (Å²) in [5.74, 6) is 0.605. The van der Waals surface area contributed by atoms with E-state index in [4.69, 9.17) is 32.7 Å². The molecule has 12 nitrogen and oxygen atoms in total. The van der Waals surface area contributed by atoms with Crippen molar-refractivity contribution in [1.82, 2.24) is 29.6 Å². The number of halogens is 2. The van der Waals surface area contributed by atoms with Gasteiger partial charge in [-0.2, -0.15) is 0 Å². The van der Waals surface area contributed by atoms with Crippen LogP contribution < -0.4 is 14.8 Å². The average Bonchev–Trinajstić information content (AvgIpc) is 3.69. The smallest absolute Gasteiger partial charge is 0.407 e. The third-order valence-electron chi connectivity index (χ3n) is 7.89. The number of fused-ring (bicyclic) bond motifs is 1. The number of pyridine rings is 3. The van der Waals surface area contributed by atoms with Gasteiger partial charge in [-0.3, -0.25) is 14.6 Å². The van der Waals surface area contributed by atoms with Crippen LogP contribution in [0.2, 0.25) is 10.0 Å². The minimum absolute atomic E-state index is 0.0213. The lowest BCUT2D eigenvalue weighted by atomic mass is 10.00. The second-order valence-electron chi connectivity index (χ2n) is 10.8. The highest BCUT2D eigenvalue weighted by Gasteiger charge is 2.26. The van der Waals surface area contributed by atoms with Crippen LogP contribution in [0, 0.1) is 0 Å². The summed E-state index contributed by atoms with van der Waals surface area (Å²) in [5.41, 5.74) is 4.78. The number of methoxy groups -OCH3 is 2. The van der Waals surface area contributed by atoms with E-state index in [0.717, 1.165) is 0 Å². The Kier molecular flexibility index (Phi) is 8.97. The van der Waals surface area contributed by atoms with Crippen molar-refractivity contribution in [2.75, 3.05) is 20.8 Å². The highest BCUT2D eigenvalue weighted by Crippen LogP contribution is 2.42. The van der Waals surface area contributed by atoms with E-state index < -0.39 is 6.09 Å². The van der Waals surface area contributed by atoms with Gasteiger partial charge in [0, 0.05) is 65.4 Å². The Hall–Kier alpha value is -5.20. The molecular weight excluding hydrogens is 647 g/mol. The molecular formula is C33H28Cl2N6O6. The first kappa shape index (κ1) is 31.8. The number of carboxylic acid groups (broad SMARTS) is 1. The van der Waals surface area contributed by atoms with E-state index >= 15 is 0 Å². The summed E-state index contributed by atoms with van der Waals surface area (Å²) in [6.07, 6.45) is 5.48. The first-order chi connectivity index (χ1) is 22.7. The Morgan fingerprint density at radius 3 is 2.57 bits per heavy atom. The molecule has 5 aromatic rings. The van der Waals surface area contributed by atoms with Gasteiger partial charge in [0.05, 0.1) is 42.2 Å². The lowest BCUT2D eigenvalue weighted by Gasteiger charge is -2.23. The fraction of sp³-hybridized carbons (Fsp3) is 0.212. The Balaban J connectivity index is 1.33. The van der Waals surface area contributed by atoms with E-state index in [0.29, 0.717) is 79.8 Å². The van der Waals surface area contributed by atoms with Gasteiger partial charge in [0.2, 0.25) is 11.8 Å². The third kappa shape index (κ3) is 6.29. The van der Waals surface area contributed by atoms with Crippen LogP contribution in [0.4, 0.5) is 4.79 Å². The molecule has 1 aliphatic rings. The number of ether oxygens (including phenoxy) is 2. The van der Waals surface area contributed by atoms with Crippen LogP contribution in [0.25, 0.3) is 39.3 Å². The molecule has 0 aliphatic carbocycles. The monoisotopic (exact) mass is 674 g/mol. The van der Waals surface area contributed by atoms with E-state index in [-0.39, 0.29) is 36.6 Å². The van der Waals surface area contributed by atoms with Crippen LogP contribution in [-0.2, 0) is 11.3 Å². The predicted molar refractivity (Wildman–Crippen MR) is 175 cm³/mol. The molecule has 1 atom stereocenters. The largest absolute Gasteiger partial charge is 0.493 e. The standard InChI is InChI=1S/C33H28Cl2N6O6/c1-46-26-12-19(14-40-16-21(17-42)38-31(26)40)30-29(35)23(10-11-36-30)22-4-3-5-24(28(22)34)25-8-6-18(32(39-25)47-2)13-41(33(44)45)15-20-7-9-27(43)37-20/h3-6,8,10-12,14,16-17,20H,7,9,13,15H2,1-2H3,(H,37,43)(H,44,45). The highest BCUT2D eigenvalue weighted by atomic mass is 35.5. The van der Waals surface area contributed by atoms with Gasteiger partial charge in [-0.1, -0.05) is 41.4 Å². The molecule has 5 heterocycles. The molecule has 1 aromatic carbocycles. The van der Waals surface area contributed by atoms with Gasteiger partial charge < -0.3 is 29.2 Å². The summed E-state index contributed by atoms with van der Waals surface area (Å²) < 4.78 is 12.8. The molecule has 1 aliphatic heterocycles. The summed E-state index contributed by atoms with van der Waals surface area (Å²) in [6, 6.07) is 12.3. The number of rotatable bonds is 10. The van der Waals surface area contributed by atoms with Crippen LogP contribution in [-0.4, -0.2) is 74.5 Å². The van der Waals surface area contributed by atoms with Gasteiger partial charge in [0.15, 0.2) is 17.7 Å². The van der Waals surface area contributed by atoms with Gasteiger partial charge >= 0.3 is 6.09 Å². The molecule has 0 spiro atoms. The SMILES string of the molecule is COc1nc(-c2cccc(-c3ccnc(-c4cc(OC)c5nc(C=O)cn5c4)c3Cl)c2Cl)ccc1CN(CC1CCC(=O)N1)C(=O)O. The topological polar surface area (TPSA) is 148 Å². The van der Waals surface area contributed by atoms with Gasteiger partial charge in [-0.25, -0.2) is 14.8 Å². The number of nitrogens with zero attached hydrogens (tertiary/aromatic N) is 5. The quantitative estimate of drug-likeness (QED) is 0.170. The molecule has 14 heteroatoms. The molecule has 1 fully saturated rings. The number of hydrogen-bond donors (Lipinski definition) is 2. The minimum atomic E-state index is -1.12. The molecule has 240 valence electrons. The van der Waals surface area contributed by atoms with Crippen molar-refractivity contribution in [2.24, 2.45) is 0 Å². The third-order valence-corrected chi connectivity index (χ3v) is 8.68. The Morgan fingerprint density at radius 2 is 1.87 bits per heavy atom. The maximum absolute atomic E-state index is 12.0. The van der Waals surface area contributed by atoms with Crippen molar-refractivity contribution < 1.29 is 29.0 Å². The number of imidazole rings is 1. The molecule has 4 aromatic heterocycles. The number of carbonyl (C=O) groups excluding carboxylic acids is 2. The molecule has 47 heavy (non-hydrogen) atoms. The normalized spacial score (nSPS) is 14.2. The van der Waals surface area contributed by atoms with E-state index in [1.54, 1.807) is 47.3 Å². The van der Waals surface area contributed by atoms with Crippen LogP contribution in [0.3, 0.4) is 0 Å². The van der Waals surface area contributed by atoms with E-state index in [2.05, 4.69) is 20.3 Å². The minimum Gasteiger partial charge on any atom is -0.493 e. The fourth-order valence-corrected chi connectivity index (χ4v) is 6.27. The molecule has 0 saturated carbocycles. The van der Waals surface area contributed by atoms with Gasteiger partial charge in [-0.15, -0.1) is 0 Å². The molecule has 0 bridgehead atoms. The number of amides is 2. The summed E-state index contributed by atoms with van der Waals surface area (Å²) in [4.78, 5) is 49.7. The summed E-state index contributed by atoms with van der Waals surface area (Å²) in [6.45, 7) is 0.171. The molecule has 1 saturated heterocycles. The maximum atomic E-state index is 12.0. The van der Waals surface area contributed by atoms with Crippen molar-refractivity contribution in [1.29, 1.82) is 0 Å². The van der Waals surface area contributed by atoms with Crippen molar-refractivity contribution in [3.8, 4) is 45.3 Å². The average molecular weight is 676 g/mol. The van der Waals surface area contributed by atoms with Gasteiger partial charge in [0.25, 0.3) is 0 Å². The zero-order valence-electron chi connectivity index (χ0n) is 25.2. The van der Waals surface area contributed by atoms with E-state index in [9.17, 15) is 19.5 Å². The second-order valence-corrected chi connectivity index (χ2v) is 11.6. The zero-order chi connectivity index (χ0) is 33.2. The Morgan fingerprint density at radius 1 is 1.09 bits per heavy atom. The van der Waals surface area contributed by atoms with Crippen molar-refractivity contribution in [2.45, 2.75) is 25.4 Å². The lowest BCUT2D eigenvalue weighted by Crippen LogP contribution is -2.41. The number of carbonyl (C=O) groups is 3. The highest BCUT2D eigenvalue weighted by molar-refractivity contribution is 6.39. The molecule has 2 amide bonds. The van der Waals surface area contributed by atoms with Gasteiger partial charge in [0.1, 0.15) is 5.69 Å². The Bertz CT molecular complexity index is 2030. The van der Waals surface area contributed by atoms with Crippen LogP contribution in [0.15, 0.2) is 61.1 Å².